The van der Waals surface area contributed by atoms with E-state index in [0.717, 1.165) is 54.0 Å². The molecule has 9 heteroatoms. The Hall–Kier alpha value is -2.09. The first-order chi connectivity index (χ1) is 17.1. The number of benzene rings is 3. The number of piperazine rings is 1. The fourth-order valence-corrected chi connectivity index (χ4v) is 5.13. The summed E-state index contributed by atoms with van der Waals surface area (Å²) in [5.74, 6) is 0.816. The average molecular weight is 596 g/mol. The van der Waals surface area contributed by atoms with Gasteiger partial charge in [0, 0.05) is 37.7 Å². The van der Waals surface area contributed by atoms with Crippen molar-refractivity contribution in [2.45, 2.75) is 19.1 Å². The number of rotatable bonds is 7. The highest BCUT2D eigenvalue weighted by atomic mass is 35.5. The molecule has 204 valence electrons. The van der Waals surface area contributed by atoms with Gasteiger partial charge in [-0.15, -0.1) is 37.2 Å². The molecule has 3 aromatic carbocycles. The number of nitrogens with zero attached hydrogens (tertiary/aromatic N) is 3. The van der Waals surface area contributed by atoms with Crippen LogP contribution < -0.4 is 0 Å². The highest BCUT2D eigenvalue weighted by Crippen LogP contribution is 2.31. The first kappa shape index (κ1) is 32.1. The van der Waals surface area contributed by atoms with E-state index in [4.69, 9.17) is 11.6 Å². The molecule has 1 aliphatic heterocycles. The van der Waals surface area contributed by atoms with E-state index in [9.17, 15) is 5.11 Å². The Labute approximate surface area is 248 Å². The van der Waals surface area contributed by atoms with Crippen LogP contribution in [0.3, 0.4) is 0 Å². The molecule has 1 aliphatic rings. The van der Waals surface area contributed by atoms with Gasteiger partial charge in [-0.05, 0) is 35.7 Å². The number of aliphatic hydroxyl groups excluding tert-OH is 1. The number of halogens is 4. The summed E-state index contributed by atoms with van der Waals surface area (Å²) >= 11 is 6.17. The molecule has 0 amide bonds. The van der Waals surface area contributed by atoms with Crippen LogP contribution in [0.15, 0.2) is 84.9 Å². The summed E-state index contributed by atoms with van der Waals surface area (Å²) in [5, 5.41) is 11.9. The molecule has 0 bridgehead atoms. The number of β-amino-alcohol motifs (C(OH)–C–C–N with tert-alkyl or cyclic N) is 1. The molecule has 0 radical (unpaired) electrons. The third-order valence-electron chi connectivity index (χ3n) is 6.73. The number of aliphatic hydroxyl groups is 1. The van der Waals surface area contributed by atoms with Gasteiger partial charge in [-0.25, -0.2) is 4.98 Å². The number of aromatic amines is 1. The zero-order valence-corrected chi connectivity index (χ0v) is 24.4. The first-order valence-corrected chi connectivity index (χ1v) is 12.5. The lowest BCUT2D eigenvalue weighted by molar-refractivity contribution is 0.0610. The van der Waals surface area contributed by atoms with Gasteiger partial charge in [0.2, 0.25) is 0 Å². The molecule has 2 N–H and O–H groups in total. The molecular formula is C29H34Cl4N4O. The predicted molar refractivity (Wildman–Crippen MR) is 163 cm³/mol. The minimum absolute atomic E-state index is 0. The van der Waals surface area contributed by atoms with Crippen molar-refractivity contribution in [3.8, 4) is 11.3 Å². The summed E-state index contributed by atoms with van der Waals surface area (Å²) < 4.78 is 0. The molecule has 5 rings (SSSR count). The number of hydrogen-bond acceptors (Lipinski definition) is 4. The SMILES string of the molecule is Cc1nc(C(O)CN2CCN(C(c3ccccc3)c3ccc(Cl)cc3)CC2)c(-c2ccccc2)[nH]1.Cl.Cl.Cl. The molecule has 5 nitrogen and oxygen atoms in total. The van der Waals surface area contributed by atoms with E-state index in [-0.39, 0.29) is 43.3 Å². The van der Waals surface area contributed by atoms with E-state index in [1.165, 1.54) is 11.1 Å². The average Bonchev–Trinajstić information content (AvgIpc) is 3.29. The molecule has 0 aliphatic carbocycles. The first-order valence-electron chi connectivity index (χ1n) is 12.2. The van der Waals surface area contributed by atoms with Crippen LogP contribution in [0.1, 0.15) is 34.8 Å². The number of H-pyrrole nitrogens is 1. The smallest absolute Gasteiger partial charge is 0.111 e. The Kier molecular flexibility index (Phi) is 12.6. The van der Waals surface area contributed by atoms with Crippen molar-refractivity contribution < 1.29 is 5.11 Å². The Bertz CT molecular complexity index is 1230. The number of imidazole rings is 1. The summed E-state index contributed by atoms with van der Waals surface area (Å²) in [7, 11) is 0. The maximum Gasteiger partial charge on any atom is 0.111 e. The Morgan fingerprint density at radius 3 is 1.97 bits per heavy atom. The van der Waals surface area contributed by atoms with Gasteiger partial charge < -0.3 is 10.1 Å². The van der Waals surface area contributed by atoms with Gasteiger partial charge in [-0.2, -0.15) is 0 Å². The summed E-state index contributed by atoms with van der Waals surface area (Å²) in [6.45, 7) is 6.10. The van der Waals surface area contributed by atoms with Gasteiger partial charge in [0.15, 0.2) is 0 Å². The molecule has 0 spiro atoms. The molecule has 0 saturated carbocycles. The van der Waals surface area contributed by atoms with Gasteiger partial charge in [-0.1, -0.05) is 84.4 Å². The fourth-order valence-electron chi connectivity index (χ4n) is 5.01. The Morgan fingerprint density at radius 1 is 0.816 bits per heavy atom. The van der Waals surface area contributed by atoms with E-state index in [2.05, 4.69) is 62.2 Å². The standard InChI is InChI=1S/C29H31ClN4O.3ClH/c1-21-31-27(22-8-4-2-5-9-22)28(32-21)26(35)20-33-16-18-34(19-17-33)29(23-10-6-3-7-11-23)24-12-14-25(30)15-13-24;;;/h2-15,26,29,35H,16-20H2,1H3,(H,31,32);3*1H. The molecule has 2 heterocycles. The molecule has 4 aromatic rings. The summed E-state index contributed by atoms with van der Waals surface area (Å²) in [5.41, 5.74) is 5.19. The zero-order chi connectivity index (χ0) is 24.2. The highest BCUT2D eigenvalue weighted by molar-refractivity contribution is 6.30. The number of hydrogen-bond donors (Lipinski definition) is 2. The van der Waals surface area contributed by atoms with Crippen LogP contribution >= 0.6 is 48.8 Å². The molecule has 1 fully saturated rings. The van der Waals surface area contributed by atoms with E-state index in [0.29, 0.717) is 6.54 Å². The van der Waals surface area contributed by atoms with Gasteiger partial charge in [0.1, 0.15) is 11.9 Å². The lowest BCUT2D eigenvalue weighted by atomic mass is 9.96. The van der Waals surface area contributed by atoms with Gasteiger partial charge in [-0.3, -0.25) is 9.80 Å². The van der Waals surface area contributed by atoms with E-state index < -0.39 is 6.10 Å². The van der Waals surface area contributed by atoms with Crippen LogP contribution in [0.2, 0.25) is 5.02 Å². The van der Waals surface area contributed by atoms with Gasteiger partial charge in [0.25, 0.3) is 0 Å². The Balaban J connectivity index is 0.00000169. The van der Waals surface area contributed by atoms with Crippen LogP contribution in [0, 0.1) is 6.92 Å². The Morgan fingerprint density at radius 2 is 1.37 bits per heavy atom. The van der Waals surface area contributed by atoms with Crippen LogP contribution in [0.5, 0.6) is 0 Å². The quantitative estimate of drug-likeness (QED) is 0.248. The number of nitrogens with one attached hydrogen (secondary N) is 1. The van der Waals surface area contributed by atoms with Crippen molar-refractivity contribution in [2.75, 3.05) is 32.7 Å². The largest absolute Gasteiger partial charge is 0.385 e. The van der Waals surface area contributed by atoms with E-state index in [1.807, 2.05) is 49.4 Å². The molecule has 38 heavy (non-hydrogen) atoms. The van der Waals surface area contributed by atoms with Crippen molar-refractivity contribution >= 4 is 48.8 Å². The van der Waals surface area contributed by atoms with Crippen LogP contribution in [-0.2, 0) is 0 Å². The van der Waals surface area contributed by atoms with Crippen molar-refractivity contribution in [2.24, 2.45) is 0 Å². The summed E-state index contributed by atoms with van der Waals surface area (Å²) in [6, 6.07) is 29.1. The third-order valence-corrected chi connectivity index (χ3v) is 6.98. The van der Waals surface area contributed by atoms with E-state index in [1.54, 1.807) is 0 Å². The number of aryl methyl sites for hydroxylation is 1. The van der Waals surface area contributed by atoms with Crippen molar-refractivity contribution in [3.05, 3.63) is 113 Å². The topological polar surface area (TPSA) is 55.4 Å². The second kappa shape index (κ2) is 14.9. The molecule has 2 atom stereocenters. The normalized spacial score (nSPS) is 15.4. The minimum atomic E-state index is -0.650. The molecular weight excluding hydrogens is 562 g/mol. The second-order valence-corrected chi connectivity index (χ2v) is 9.60. The lowest BCUT2D eigenvalue weighted by Gasteiger charge is -2.40. The van der Waals surface area contributed by atoms with Crippen LogP contribution in [-0.4, -0.2) is 57.6 Å². The highest BCUT2D eigenvalue weighted by Gasteiger charge is 2.28. The second-order valence-electron chi connectivity index (χ2n) is 9.17. The number of aromatic nitrogens is 2. The predicted octanol–water partition coefficient (Wildman–Crippen LogP) is 6.74. The van der Waals surface area contributed by atoms with E-state index >= 15 is 0 Å². The van der Waals surface area contributed by atoms with Crippen molar-refractivity contribution in [1.82, 2.24) is 19.8 Å². The molecule has 1 aromatic heterocycles. The van der Waals surface area contributed by atoms with Crippen molar-refractivity contribution in [1.29, 1.82) is 0 Å². The van der Waals surface area contributed by atoms with Gasteiger partial charge in [0.05, 0.1) is 17.4 Å². The maximum atomic E-state index is 11.1. The van der Waals surface area contributed by atoms with Crippen LogP contribution in [0.4, 0.5) is 0 Å². The monoisotopic (exact) mass is 594 g/mol. The molecule has 2 unspecified atom stereocenters. The molecule has 1 saturated heterocycles. The summed E-state index contributed by atoms with van der Waals surface area (Å²) in [6.07, 6.45) is -0.650. The zero-order valence-electron chi connectivity index (χ0n) is 21.2. The third kappa shape index (κ3) is 7.51. The van der Waals surface area contributed by atoms with Gasteiger partial charge >= 0.3 is 0 Å². The fraction of sp³-hybridized carbons (Fsp3) is 0.276. The van der Waals surface area contributed by atoms with Crippen molar-refractivity contribution in [3.63, 3.8) is 0 Å². The maximum absolute atomic E-state index is 11.1. The minimum Gasteiger partial charge on any atom is -0.385 e. The lowest BCUT2D eigenvalue weighted by Crippen LogP contribution is -2.48. The summed E-state index contributed by atoms with van der Waals surface area (Å²) in [4.78, 5) is 12.8. The van der Waals surface area contributed by atoms with Crippen LogP contribution in [0.25, 0.3) is 11.3 Å².